The highest BCUT2D eigenvalue weighted by atomic mass is 16.2. The van der Waals surface area contributed by atoms with Crippen LogP contribution in [0.3, 0.4) is 0 Å². The van der Waals surface area contributed by atoms with Crippen LogP contribution >= 0.6 is 0 Å². The van der Waals surface area contributed by atoms with E-state index in [9.17, 15) is 4.79 Å². The maximum absolute atomic E-state index is 13.1. The van der Waals surface area contributed by atoms with E-state index in [1.165, 1.54) is 44.3 Å². The standard InChI is InChI=1S/C22H30N4O/c27-22(26-14-6-9-20(17-26)21-23-10-11-24-21)19-8-5-7-18(15-19)16-25-12-3-1-2-4-13-25/h5,7-8,10-11,15,20H,1-4,6,9,12-14,16-17H2,(H,23,24)/t20-/m1/s1. The third kappa shape index (κ3) is 4.59. The summed E-state index contributed by atoms with van der Waals surface area (Å²) in [6, 6.07) is 8.26. The Labute approximate surface area is 161 Å². The molecule has 0 aliphatic carbocycles. The number of hydrogen-bond donors (Lipinski definition) is 1. The summed E-state index contributed by atoms with van der Waals surface area (Å²) in [7, 11) is 0. The van der Waals surface area contributed by atoms with Gasteiger partial charge in [0.05, 0.1) is 0 Å². The average molecular weight is 367 g/mol. The average Bonchev–Trinajstić information content (AvgIpc) is 3.13. The number of nitrogens with one attached hydrogen (secondary N) is 1. The highest BCUT2D eigenvalue weighted by molar-refractivity contribution is 5.94. The molecule has 0 saturated carbocycles. The fourth-order valence-electron chi connectivity index (χ4n) is 4.42. The van der Waals surface area contributed by atoms with E-state index >= 15 is 0 Å². The van der Waals surface area contributed by atoms with Gasteiger partial charge in [-0.05, 0) is 56.5 Å². The van der Waals surface area contributed by atoms with Gasteiger partial charge < -0.3 is 9.88 Å². The van der Waals surface area contributed by atoms with Crippen LogP contribution in [-0.4, -0.2) is 51.9 Å². The molecule has 144 valence electrons. The van der Waals surface area contributed by atoms with E-state index in [1.807, 2.05) is 23.2 Å². The Hall–Kier alpha value is -2.14. The van der Waals surface area contributed by atoms with Crippen molar-refractivity contribution >= 4 is 5.91 Å². The van der Waals surface area contributed by atoms with Gasteiger partial charge in [-0.3, -0.25) is 9.69 Å². The first-order valence-electron chi connectivity index (χ1n) is 10.4. The van der Waals surface area contributed by atoms with Crippen molar-refractivity contribution in [2.75, 3.05) is 26.2 Å². The number of rotatable bonds is 4. The van der Waals surface area contributed by atoms with E-state index in [2.05, 4.69) is 27.0 Å². The van der Waals surface area contributed by atoms with Gasteiger partial charge in [-0.2, -0.15) is 0 Å². The van der Waals surface area contributed by atoms with Crippen molar-refractivity contribution < 1.29 is 4.79 Å². The molecule has 1 amide bonds. The second kappa shape index (κ2) is 8.70. The first kappa shape index (κ1) is 18.2. The van der Waals surface area contributed by atoms with Crippen LogP contribution in [-0.2, 0) is 6.54 Å². The fourth-order valence-corrected chi connectivity index (χ4v) is 4.42. The maximum atomic E-state index is 13.1. The number of aromatic nitrogens is 2. The number of likely N-dealkylation sites (tertiary alicyclic amines) is 2. The van der Waals surface area contributed by atoms with Crippen molar-refractivity contribution in [2.45, 2.75) is 51.0 Å². The summed E-state index contributed by atoms with van der Waals surface area (Å²) in [6.45, 7) is 4.90. The van der Waals surface area contributed by atoms with E-state index in [-0.39, 0.29) is 5.91 Å². The molecule has 0 spiro atoms. The zero-order chi connectivity index (χ0) is 18.5. The van der Waals surface area contributed by atoms with Crippen molar-refractivity contribution in [1.82, 2.24) is 19.8 Å². The zero-order valence-corrected chi connectivity index (χ0v) is 16.1. The van der Waals surface area contributed by atoms with E-state index < -0.39 is 0 Å². The second-order valence-electron chi connectivity index (χ2n) is 7.96. The molecule has 1 aromatic heterocycles. The van der Waals surface area contributed by atoms with Gasteiger partial charge in [-0.1, -0.05) is 25.0 Å². The van der Waals surface area contributed by atoms with Gasteiger partial charge in [-0.25, -0.2) is 4.98 Å². The SMILES string of the molecule is O=C(c1cccc(CN2CCCCCC2)c1)N1CCC[C@@H](c2ncc[nH]2)C1. The molecular formula is C22H30N4O. The minimum atomic E-state index is 0.156. The molecule has 2 aliphatic heterocycles. The molecule has 2 aliphatic rings. The Balaban J connectivity index is 1.42. The highest BCUT2D eigenvalue weighted by Gasteiger charge is 2.27. The van der Waals surface area contributed by atoms with Crippen LogP contribution in [0.2, 0.25) is 0 Å². The Morgan fingerprint density at radius 3 is 2.74 bits per heavy atom. The number of amides is 1. The molecular weight excluding hydrogens is 336 g/mol. The monoisotopic (exact) mass is 366 g/mol. The molecule has 1 aromatic carbocycles. The van der Waals surface area contributed by atoms with Gasteiger partial charge in [0.25, 0.3) is 5.91 Å². The Morgan fingerprint density at radius 1 is 1.11 bits per heavy atom. The van der Waals surface area contributed by atoms with E-state index in [4.69, 9.17) is 0 Å². The fraction of sp³-hybridized carbons (Fsp3) is 0.545. The quantitative estimate of drug-likeness (QED) is 0.895. The molecule has 5 heteroatoms. The van der Waals surface area contributed by atoms with Crippen molar-refractivity contribution in [3.8, 4) is 0 Å². The summed E-state index contributed by atoms with van der Waals surface area (Å²) >= 11 is 0. The normalized spacial score (nSPS) is 21.8. The molecule has 4 rings (SSSR count). The molecule has 1 atom stereocenters. The number of aromatic amines is 1. The number of nitrogens with zero attached hydrogens (tertiary/aromatic N) is 3. The summed E-state index contributed by atoms with van der Waals surface area (Å²) in [5.41, 5.74) is 2.07. The van der Waals surface area contributed by atoms with Crippen molar-refractivity contribution in [1.29, 1.82) is 0 Å². The lowest BCUT2D eigenvalue weighted by Crippen LogP contribution is -2.39. The lowest BCUT2D eigenvalue weighted by atomic mass is 9.96. The first-order chi connectivity index (χ1) is 13.3. The molecule has 2 fully saturated rings. The molecule has 5 nitrogen and oxygen atoms in total. The van der Waals surface area contributed by atoms with E-state index in [0.717, 1.165) is 43.9 Å². The van der Waals surface area contributed by atoms with Crippen LogP contribution in [0, 0.1) is 0 Å². The number of H-pyrrole nitrogens is 1. The molecule has 0 bridgehead atoms. The summed E-state index contributed by atoms with van der Waals surface area (Å²) in [6.07, 6.45) is 11.1. The predicted molar refractivity (Wildman–Crippen MR) is 107 cm³/mol. The smallest absolute Gasteiger partial charge is 0.253 e. The van der Waals surface area contributed by atoms with Crippen LogP contribution in [0.5, 0.6) is 0 Å². The van der Waals surface area contributed by atoms with Crippen LogP contribution < -0.4 is 0 Å². The summed E-state index contributed by atoms with van der Waals surface area (Å²) in [5, 5.41) is 0. The molecule has 0 radical (unpaired) electrons. The van der Waals surface area contributed by atoms with Gasteiger partial charge in [0, 0.05) is 43.5 Å². The lowest BCUT2D eigenvalue weighted by Gasteiger charge is -2.32. The number of carbonyl (C=O) groups is 1. The molecule has 2 saturated heterocycles. The van der Waals surface area contributed by atoms with Crippen LogP contribution in [0.1, 0.15) is 66.2 Å². The maximum Gasteiger partial charge on any atom is 0.253 e. The molecule has 1 N–H and O–H groups in total. The van der Waals surface area contributed by atoms with Crippen molar-refractivity contribution in [3.63, 3.8) is 0 Å². The Bertz CT molecular complexity index is 735. The molecule has 2 aromatic rings. The number of piperidine rings is 1. The minimum Gasteiger partial charge on any atom is -0.348 e. The van der Waals surface area contributed by atoms with Crippen molar-refractivity contribution in [2.24, 2.45) is 0 Å². The number of carbonyl (C=O) groups excluding carboxylic acids is 1. The van der Waals surface area contributed by atoms with Gasteiger partial charge in [-0.15, -0.1) is 0 Å². The van der Waals surface area contributed by atoms with Gasteiger partial charge in [0.2, 0.25) is 0 Å². The van der Waals surface area contributed by atoms with E-state index in [0.29, 0.717) is 5.92 Å². The van der Waals surface area contributed by atoms with Crippen LogP contribution in [0.15, 0.2) is 36.7 Å². The largest absolute Gasteiger partial charge is 0.348 e. The highest BCUT2D eigenvalue weighted by Crippen LogP contribution is 2.25. The summed E-state index contributed by atoms with van der Waals surface area (Å²) < 4.78 is 0. The molecule has 3 heterocycles. The molecule has 0 unspecified atom stereocenters. The van der Waals surface area contributed by atoms with Crippen LogP contribution in [0.25, 0.3) is 0 Å². The predicted octanol–water partition coefficient (Wildman–Crippen LogP) is 3.81. The summed E-state index contributed by atoms with van der Waals surface area (Å²) in [4.78, 5) is 25.2. The Kier molecular flexibility index (Phi) is 5.87. The van der Waals surface area contributed by atoms with Gasteiger partial charge in [0.15, 0.2) is 0 Å². The second-order valence-corrected chi connectivity index (χ2v) is 7.96. The third-order valence-corrected chi connectivity index (χ3v) is 5.89. The Morgan fingerprint density at radius 2 is 1.96 bits per heavy atom. The van der Waals surface area contributed by atoms with Gasteiger partial charge >= 0.3 is 0 Å². The van der Waals surface area contributed by atoms with Gasteiger partial charge in [0.1, 0.15) is 5.82 Å². The molecule has 27 heavy (non-hydrogen) atoms. The van der Waals surface area contributed by atoms with Crippen LogP contribution in [0.4, 0.5) is 0 Å². The topological polar surface area (TPSA) is 52.2 Å². The number of hydrogen-bond acceptors (Lipinski definition) is 3. The summed E-state index contributed by atoms with van der Waals surface area (Å²) in [5.74, 6) is 1.48. The lowest BCUT2D eigenvalue weighted by molar-refractivity contribution is 0.0704. The minimum absolute atomic E-state index is 0.156. The first-order valence-corrected chi connectivity index (χ1v) is 10.4. The number of benzene rings is 1. The van der Waals surface area contributed by atoms with Crippen molar-refractivity contribution in [3.05, 3.63) is 53.6 Å². The number of imidazole rings is 1. The van der Waals surface area contributed by atoms with E-state index in [1.54, 1.807) is 6.20 Å². The zero-order valence-electron chi connectivity index (χ0n) is 16.1. The third-order valence-electron chi connectivity index (χ3n) is 5.89.